The smallest absolute Gasteiger partial charge is 0.227 e. The van der Waals surface area contributed by atoms with Crippen LogP contribution in [0.15, 0.2) is 0 Å². The van der Waals surface area contributed by atoms with Crippen molar-refractivity contribution in [2.24, 2.45) is 5.41 Å². The van der Waals surface area contributed by atoms with E-state index in [1.807, 2.05) is 13.8 Å². The second-order valence-electron chi connectivity index (χ2n) is 5.25. The third kappa shape index (κ3) is 3.18. The lowest BCUT2D eigenvalue weighted by molar-refractivity contribution is -0.134. The molecule has 0 aromatic carbocycles. The van der Waals surface area contributed by atoms with Crippen molar-refractivity contribution < 1.29 is 15.0 Å². The van der Waals surface area contributed by atoms with Crippen LogP contribution in [0.3, 0.4) is 0 Å². The number of aliphatic hydroxyl groups is 2. The minimum Gasteiger partial charge on any atom is -0.394 e. The third-order valence-corrected chi connectivity index (χ3v) is 3.81. The molecule has 1 aliphatic heterocycles. The Bertz CT molecular complexity index is 250. The predicted octanol–water partition coefficient (Wildman–Crippen LogP) is -0.374. The van der Waals surface area contributed by atoms with E-state index in [0.717, 1.165) is 19.4 Å². The van der Waals surface area contributed by atoms with Crippen molar-refractivity contribution in [1.29, 1.82) is 0 Å². The predicted molar refractivity (Wildman–Crippen MR) is 65.5 cm³/mol. The molecule has 1 saturated heterocycles. The van der Waals surface area contributed by atoms with E-state index in [1.165, 1.54) is 0 Å². The Morgan fingerprint density at radius 3 is 2.53 bits per heavy atom. The Kier molecular flexibility index (Phi) is 4.91. The second kappa shape index (κ2) is 5.80. The Hall–Kier alpha value is -0.650. The molecule has 1 aliphatic rings. The van der Waals surface area contributed by atoms with Gasteiger partial charge in [-0.1, -0.05) is 6.92 Å². The van der Waals surface area contributed by atoms with Gasteiger partial charge in [-0.25, -0.2) is 0 Å². The topological polar surface area (TPSA) is 81.6 Å². The minimum absolute atomic E-state index is 0.0883. The van der Waals surface area contributed by atoms with Crippen molar-refractivity contribution >= 4 is 5.91 Å². The quantitative estimate of drug-likeness (QED) is 0.532. The summed E-state index contributed by atoms with van der Waals surface area (Å²) in [5.41, 5.74) is -1.33. The SMILES string of the molecule is CCC(CO)(CO)NC(=O)C1(C)CCCNC1. The first-order valence-electron chi connectivity index (χ1n) is 6.27. The first kappa shape index (κ1) is 14.4. The maximum absolute atomic E-state index is 12.2. The molecule has 0 radical (unpaired) electrons. The maximum atomic E-state index is 12.2. The normalized spacial score (nSPS) is 25.6. The third-order valence-electron chi connectivity index (χ3n) is 3.81. The van der Waals surface area contributed by atoms with Gasteiger partial charge in [-0.2, -0.15) is 0 Å². The maximum Gasteiger partial charge on any atom is 0.227 e. The summed E-state index contributed by atoms with van der Waals surface area (Å²) in [6.07, 6.45) is 2.32. The van der Waals surface area contributed by atoms with Gasteiger partial charge in [0.2, 0.25) is 5.91 Å². The van der Waals surface area contributed by atoms with E-state index in [1.54, 1.807) is 0 Å². The number of hydrogen-bond acceptors (Lipinski definition) is 4. The number of nitrogens with one attached hydrogen (secondary N) is 2. The monoisotopic (exact) mass is 244 g/mol. The molecule has 1 fully saturated rings. The van der Waals surface area contributed by atoms with Gasteiger partial charge >= 0.3 is 0 Å². The van der Waals surface area contributed by atoms with Crippen molar-refractivity contribution in [3.8, 4) is 0 Å². The van der Waals surface area contributed by atoms with Crippen LogP contribution >= 0.6 is 0 Å². The molecular formula is C12H24N2O3. The van der Waals surface area contributed by atoms with E-state index in [-0.39, 0.29) is 19.1 Å². The Labute approximate surface area is 103 Å². The van der Waals surface area contributed by atoms with Crippen molar-refractivity contribution in [2.75, 3.05) is 26.3 Å². The highest BCUT2D eigenvalue weighted by Gasteiger charge is 2.39. The fraction of sp³-hybridized carbons (Fsp3) is 0.917. The van der Waals surface area contributed by atoms with E-state index in [9.17, 15) is 15.0 Å². The second-order valence-corrected chi connectivity index (χ2v) is 5.25. The summed E-state index contributed by atoms with van der Waals surface area (Å²) < 4.78 is 0. The number of hydrogen-bond donors (Lipinski definition) is 4. The Morgan fingerprint density at radius 2 is 2.12 bits per heavy atom. The molecule has 5 heteroatoms. The van der Waals surface area contributed by atoms with Gasteiger partial charge in [0.05, 0.1) is 24.2 Å². The number of piperidine rings is 1. The summed E-state index contributed by atoms with van der Waals surface area (Å²) in [5, 5.41) is 24.7. The molecule has 0 aromatic rings. The van der Waals surface area contributed by atoms with Crippen LogP contribution in [0.25, 0.3) is 0 Å². The molecule has 1 amide bonds. The largest absolute Gasteiger partial charge is 0.394 e. The van der Waals surface area contributed by atoms with Gasteiger partial charge in [0.25, 0.3) is 0 Å². The summed E-state index contributed by atoms with van der Waals surface area (Å²) in [6, 6.07) is 0. The van der Waals surface area contributed by atoms with Crippen LogP contribution in [-0.4, -0.2) is 48.0 Å². The number of carbonyl (C=O) groups is 1. The molecular weight excluding hydrogens is 220 g/mol. The number of amides is 1. The van der Waals surface area contributed by atoms with E-state index >= 15 is 0 Å². The van der Waals surface area contributed by atoms with Gasteiger partial charge in [0.1, 0.15) is 0 Å². The van der Waals surface area contributed by atoms with Crippen LogP contribution in [0.2, 0.25) is 0 Å². The highest BCUT2D eigenvalue weighted by atomic mass is 16.3. The van der Waals surface area contributed by atoms with Gasteiger partial charge < -0.3 is 20.8 Å². The van der Waals surface area contributed by atoms with Crippen LogP contribution in [0.5, 0.6) is 0 Å². The summed E-state index contributed by atoms with van der Waals surface area (Å²) in [7, 11) is 0. The molecule has 0 aromatic heterocycles. The standard InChI is InChI=1S/C12H24N2O3/c1-3-12(8-15,9-16)14-10(17)11(2)5-4-6-13-7-11/h13,15-16H,3-9H2,1-2H3,(H,14,17). The first-order valence-corrected chi connectivity index (χ1v) is 6.27. The molecule has 17 heavy (non-hydrogen) atoms. The zero-order valence-corrected chi connectivity index (χ0v) is 10.8. The molecule has 100 valence electrons. The summed E-state index contributed by atoms with van der Waals surface area (Å²) >= 11 is 0. The molecule has 0 spiro atoms. The van der Waals surface area contributed by atoms with Crippen LogP contribution < -0.4 is 10.6 Å². The number of aliphatic hydroxyl groups excluding tert-OH is 2. The van der Waals surface area contributed by atoms with Crippen molar-refractivity contribution in [1.82, 2.24) is 10.6 Å². The van der Waals surface area contributed by atoms with Crippen molar-refractivity contribution in [2.45, 2.75) is 38.6 Å². The number of carbonyl (C=O) groups excluding carboxylic acids is 1. The molecule has 5 nitrogen and oxygen atoms in total. The zero-order valence-electron chi connectivity index (χ0n) is 10.8. The molecule has 4 N–H and O–H groups in total. The first-order chi connectivity index (χ1) is 8.02. The lowest BCUT2D eigenvalue weighted by atomic mass is 9.81. The highest BCUT2D eigenvalue weighted by Crippen LogP contribution is 2.26. The van der Waals surface area contributed by atoms with Crippen LogP contribution in [0.1, 0.15) is 33.1 Å². The fourth-order valence-corrected chi connectivity index (χ4v) is 2.08. The van der Waals surface area contributed by atoms with Crippen LogP contribution in [-0.2, 0) is 4.79 Å². The van der Waals surface area contributed by atoms with Crippen molar-refractivity contribution in [3.63, 3.8) is 0 Å². The van der Waals surface area contributed by atoms with Gasteiger partial charge in [-0.05, 0) is 32.7 Å². The molecule has 0 saturated carbocycles. The Morgan fingerprint density at radius 1 is 1.47 bits per heavy atom. The van der Waals surface area contributed by atoms with Gasteiger partial charge in [0, 0.05) is 6.54 Å². The fourth-order valence-electron chi connectivity index (χ4n) is 2.08. The summed E-state index contributed by atoms with van der Waals surface area (Å²) in [5.74, 6) is -0.0883. The van der Waals surface area contributed by atoms with E-state index in [0.29, 0.717) is 13.0 Å². The molecule has 0 bridgehead atoms. The van der Waals surface area contributed by atoms with E-state index < -0.39 is 11.0 Å². The highest BCUT2D eigenvalue weighted by molar-refractivity contribution is 5.83. The Balaban J connectivity index is 2.69. The van der Waals surface area contributed by atoms with Crippen LogP contribution in [0, 0.1) is 5.41 Å². The van der Waals surface area contributed by atoms with Crippen LogP contribution in [0.4, 0.5) is 0 Å². The minimum atomic E-state index is -0.891. The van der Waals surface area contributed by atoms with Gasteiger partial charge in [-0.3, -0.25) is 4.79 Å². The average Bonchev–Trinajstić information content (AvgIpc) is 2.37. The van der Waals surface area contributed by atoms with Gasteiger partial charge in [-0.15, -0.1) is 0 Å². The van der Waals surface area contributed by atoms with Gasteiger partial charge in [0.15, 0.2) is 0 Å². The summed E-state index contributed by atoms with van der Waals surface area (Å²) in [6.45, 7) is 4.87. The average molecular weight is 244 g/mol. The molecule has 1 atom stereocenters. The zero-order chi connectivity index (χ0) is 12.9. The molecule has 0 aliphatic carbocycles. The summed E-state index contributed by atoms with van der Waals surface area (Å²) in [4.78, 5) is 12.2. The van der Waals surface area contributed by atoms with Crippen molar-refractivity contribution in [3.05, 3.63) is 0 Å². The molecule has 1 rings (SSSR count). The lowest BCUT2D eigenvalue weighted by Crippen LogP contribution is -2.59. The molecule has 1 heterocycles. The number of rotatable bonds is 5. The van der Waals surface area contributed by atoms with E-state index in [2.05, 4.69) is 10.6 Å². The molecule has 1 unspecified atom stereocenters. The lowest BCUT2D eigenvalue weighted by Gasteiger charge is -2.38. The van der Waals surface area contributed by atoms with E-state index in [4.69, 9.17) is 0 Å².